The van der Waals surface area contributed by atoms with Crippen molar-refractivity contribution in [2.45, 2.75) is 50.4 Å². The summed E-state index contributed by atoms with van der Waals surface area (Å²) in [6, 6.07) is 27.1. The average Bonchev–Trinajstić information content (AvgIpc) is 2.53. The van der Waals surface area contributed by atoms with Crippen LogP contribution in [0.3, 0.4) is 0 Å². The molecule has 0 aromatic heterocycles. The van der Waals surface area contributed by atoms with E-state index >= 15 is 0 Å². The monoisotopic (exact) mass is 352 g/mol. The summed E-state index contributed by atoms with van der Waals surface area (Å²) < 4.78 is 0. The largest absolute Gasteiger partial charge is 0.0915 e. The first-order valence-corrected chi connectivity index (χ1v) is 15.9. The first kappa shape index (κ1) is 18.9. The molecule has 0 aliphatic heterocycles. The Labute approximate surface area is 150 Å². The van der Waals surface area contributed by atoms with Crippen molar-refractivity contribution in [3.63, 3.8) is 0 Å². The molecule has 0 fully saturated rings. The minimum atomic E-state index is -1.19. The van der Waals surface area contributed by atoms with E-state index in [1.165, 1.54) is 35.3 Å². The van der Waals surface area contributed by atoms with Gasteiger partial charge in [-0.1, -0.05) is 110 Å². The quantitative estimate of drug-likeness (QED) is 0.374. The van der Waals surface area contributed by atoms with Crippen molar-refractivity contribution in [1.29, 1.82) is 0 Å². The van der Waals surface area contributed by atoms with Crippen molar-refractivity contribution in [3.8, 4) is 0 Å². The molecule has 0 amide bonds. The molecule has 0 saturated heterocycles. The Balaban J connectivity index is 1.82. The van der Waals surface area contributed by atoms with Crippen molar-refractivity contribution < 1.29 is 0 Å². The van der Waals surface area contributed by atoms with Gasteiger partial charge < -0.3 is 0 Å². The Morgan fingerprint density at radius 1 is 0.583 bits per heavy atom. The summed E-state index contributed by atoms with van der Waals surface area (Å²) in [5, 5.41) is 0. The van der Waals surface area contributed by atoms with Crippen LogP contribution in [-0.4, -0.2) is 16.1 Å². The number of allylic oxidation sites excluding steroid dienone is 2. The van der Waals surface area contributed by atoms with E-state index in [0.29, 0.717) is 0 Å². The molecule has 0 aliphatic rings. The standard InChI is InChI=1S/C22H32Si2/c1-23(2,19-21-13-7-5-8-14-21)17-11-12-18-24(3,4)20-22-15-9-6-10-16-22/h5-16H,17-20H2,1-4H3. The van der Waals surface area contributed by atoms with Crippen LogP contribution in [0.4, 0.5) is 0 Å². The zero-order valence-electron chi connectivity index (χ0n) is 15.8. The van der Waals surface area contributed by atoms with Gasteiger partial charge in [0.2, 0.25) is 0 Å². The molecule has 0 N–H and O–H groups in total. The van der Waals surface area contributed by atoms with Gasteiger partial charge in [0.15, 0.2) is 0 Å². The van der Waals surface area contributed by atoms with Crippen molar-refractivity contribution in [2.24, 2.45) is 0 Å². The Kier molecular flexibility index (Phi) is 6.82. The zero-order valence-corrected chi connectivity index (χ0v) is 17.8. The van der Waals surface area contributed by atoms with Gasteiger partial charge in [-0.25, -0.2) is 0 Å². The van der Waals surface area contributed by atoms with Gasteiger partial charge in [0.05, 0.1) is 16.1 Å². The second kappa shape index (κ2) is 8.63. The van der Waals surface area contributed by atoms with Gasteiger partial charge in [0, 0.05) is 0 Å². The van der Waals surface area contributed by atoms with Gasteiger partial charge in [-0.05, 0) is 24.2 Å². The molecule has 128 valence electrons. The molecule has 0 aliphatic carbocycles. The summed E-state index contributed by atoms with van der Waals surface area (Å²) in [6.07, 6.45) is 4.96. The smallest absolute Gasteiger partial charge is 0.0555 e. The van der Waals surface area contributed by atoms with E-state index in [1.807, 2.05) is 0 Å². The number of benzene rings is 2. The molecule has 0 spiro atoms. The first-order valence-electron chi connectivity index (χ1n) is 9.09. The zero-order chi connectivity index (χ0) is 17.5. The molecule has 24 heavy (non-hydrogen) atoms. The molecule has 0 unspecified atom stereocenters. The lowest BCUT2D eigenvalue weighted by Crippen LogP contribution is -2.29. The summed E-state index contributed by atoms with van der Waals surface area (Å²) in [4.78, 5) is 0. The van der Waals surface area contributed by atoms with Crippen molar-refractivity contribution in [1.82, 2.24) is 0 Å². The fourth-order valence-corrected chi connectivity index (χ4v) is 7.83. The maximum absolute atomic E-state index is 2.51. The molecular weight excluding hydrogens is 320 g/mol. The van der Waals surface area contributed by atoms with Crippen LogP contribution in [0.2, 0.25) is 38.3 Å². The fourth-order valence-electron chi connectivity index (χ4n) is 3.25. The molecule has 0 atom stereocenters. The van der Waals surface area contributed by atoms with Crippen molar-refractivity contribution in [2.75, 3.05) is 0 Å². The van der Waals surface area contributed by atoms with E-state index in [0.717, 1.165) is 0 Å². The normalized spacial score (nSPS) is 12.7. The minimum Gasteiger partial charge on any atom is -0.0915 e. The van der Waals surface area contributed by atoms with Gasteiger partial charge in [0.1, 0.15) is 0 Å². The molecular formula is C22H32Si2. The van der Waals surface area contributed by atoms with Gasteiger partial charge in [-0.2, -0.15) is 0 Å². The molecule has 2 aromatic rings. The molecule has 0 heterocycles. The summed E-state index contributed by atoms with van der Waals surface area (Å²) in [5.41, 5.74) is 3.00. The fraction of sp³-hybridized carbons (Fsp3) is 0.364. The summed E-state index contributed by atoms with van der Waals surface area (Å²) in [5.74, 6) is 0. The molecule has 2 heteroatoms. The number of rotatable bonds is 8. The maximum Gasteiger partial charge on any atom is 0.0555 e. The van der Waals surface area contributed by atoms with Gasteiger partial charge >= 0.3 is 0 Å². The van der Waals surface area contributed by atoms with Crippen molar-refractivity contribution >= 4 is 16.1 Å². The van der Waals surface area contributed by atoms with Crippen molar-refractivity contribution in [3.05, 3.63) is 83.9 Å². The van der Waals surface area contributed by atoms with Crippen LogP contribution in [-0.2, 0) is 12.1 Å². The molecule has 0 radical (unpaired) electrons. The van der Waals surface area contributed by atoms with E-state index in [-0.39, 0.29) is 0 Å². The Morgan fingerprint density at radius 3 is 1.25 bits per heavy atom. The molecule has 0 nitrogen and oxygen atoms in total. The second-order valence-corrected chi connectivity index (χ2v) is 18.7. The lowest BCUT2D eigenvalue weighted by atomic mass is 10.2. The SMILES string of the molecule is C[Si](C)(CC=CC[Si](C)(C)Cc1ccccc1)Cc1ccccc1. The van der Waals surface area contributed by atoms with E-state index in [1.54, 1.807) is 0 Å². The van der Waals surface area contributed by atoms with Crippen LogP contribution in [0.5, 0.6) is 0 Å². The highest BCUT2D eigenvalue weighted by Crippen LogP contribution is 2.20. The third kappa shape index (κ3) is 7.02. The van der Waals surface area contributed by atoms with E-state index < -0.39 is 16.1 Å². The molecule has 0 bridgehead atoms. The van der Waals surface area contributed by atoms with Gasteiger partial charge in [0.25, 0.3) is 0 Å². The first-order chi connectivity index (χ1) is 11.4. The Morgan fingerprint density at radius 2 is 0.917 bits per heavy atom. The Hall–Kier alpha value is -1.39. The highest BCUT2D eigenvalue weighted by molar-refractivity contribution is 6.78. The van der Waals surface area contributed by atoms with Gasteiger partial charge in [-0.15, -0.1) is 0 Å². The summed E-state index contributed by atoms with van der Waals surface area (Å²) in [7, 11) is -2.37. The van der Waals surface area contributed by atoms with Gasteiger partial charge in [-0.3, -0.25) is 0 Å². The Bertz CT molecular complexity index is 570. The lowest BCUT2D eigenvalue weighted by Gasteiger charge is -2.22. The van der Waals surface area contributed by atoms with E-state index in [9.17, 15) is 0 Å². The molecule has 2 rings (SSSR count). The summed E-state index contributed by atoms with van der Waals surface area (Å²) in [6.45, 7) is 10.0. The van der Waals surface area contributed by atoms with Crippen LogP contribution in [0.15, 0.2) is 72.8 Å². The van der Waals surface area contributed by atoms with E-state index in [4.69, 9.17) is 0 Å². The number of hydrogen-bond donors (Lipinski definition) is 0. The molecule has 2 aromatic carbocycles. The predicted octanol–water partition coefficient (Wildman–Crippen LogP) is 6.52. The molecule has 0 saturated carbocycles. The van der Waals surface area contributed by atoms with E-state index in [2.05, 4.69) is 99.0 Å². The van der Waals surface area contributed by atoms with Crippen LogP contribution >= 0.6 is 0 Å². The lowest BCUT2D eigenvalue weighted by molar-refractivity contribution is 1.26. The topological polar surface area (TPSA) is 0 Å². The highest BCUT2D eigenvalue weighted by Gasteiger charge is 2.21. The second-order valence-electron chi connectivity index (χ2n) is 8.53. The van der Waals surface area contributed by atoms with Crippen LogP contribution < -0.4 is 0 Å². The maximum atomic E-state index is 2.51. The minimum absolute atomic E-state index is 1.19. The number of hydrogen-bond acceptors (Lipinski definition) is 0. The highest BCUT2D eigenvalue weighted by atomic mass is 28.3. The third-order valence-corrected chi connectivity index (χ3v) is 9.97. The average molecular weight is 353 g/mol. The van der Waals surface area contributed by atoms with Crippen LogP contribution in [0.1, 0.15) is 11.1 Å². The summed E-state index contributed by atoms with van der Waals surface area (Å²) >= 11 is 0. The van der Waals surface area contributed by atoms with Crippen LogP contribution in [0, 0.1) is 0 Å². The third-order valence-electron chi connectivity index (χ3n) is 4.56. The predicted molar refractivity (Wildman–Crippen MR) is 114 cm³/mol. The van der Waals surface area contributed by atoms with Crippen LogP contribution in [0.25, 0.3) is 0 Å².